The molecule has 0 spiro atoms. The van der Waals surface area contributed by atoms with Gasteiger partial charge in [0, 0.05) is 5.56 Å². The number of hydrogen-bond donors (Lipinski definition) is 1. The van der Waals surface area contributed by atoms with Crippen LogP contribution in [-0.4, -0.2) is 5.16 Å². The number of benzene rings is 1. The van der Waals surface area contributed by atoms with Crippen LogP contribution in [0, 0.1) is 13.8 Å². The molecule has 1 aromatic carbocycles. The second-order valence-corrected chi connectivity index (χ2v) is 4.53. The molecule has 0 saturated carbocycles. The smallest absolute Gasteiger partial charge is 0.230 e. The van der Waals surface area contributed by atoms with Gasteiger partial charge in [-0.3, -0.25) is 0 Å². The van der Waals surface area contributed by atoms with E-state index in [4.69, 9.17) is 14.7 Å². The second-order valence-electron chi connectivity index (χ2n) is 4.53. The van der Waals surface area contributed by atoms with Crippen molar-refractivity contribution >= 4 is 5.88 Å². The standard InChI is InChI=1S/C15H14N2O2/c1-9-3-5-11(6-4-9)13-14(17-19-15(13)16)12-7-8-18-10(12)2/h3-8H,16H2,1-2H3. The number of anilines is 1. The van der Waals surface area contributed by atoms with Crippen molar-refractivity contribution in [3.63, 3.8) is 0 Å². The third-order valence-corrected chi connectivity index (χ3v) is 3.17. The summed E-state index contributed by atoms with van der Waals surface area (Å²) >= 11 is 0. The Balaban J connectivity index is 2.19. The minimum Gasteiger partial charge on any atom is -0.469 e. The molecular formula is C15H14N2O2. The van der Waals surface area contributed by atoms with Crippen LogP contribution in [-0.2, 0) is 0 Å². The summed E-state index contributed by atoms with van der Waals surface area (Å²) in [5, 5.41) is 4.06. The highest BCUT2D eigenvalue weighted by molar-refractivity contribution is 5.87. The summed E-state index contributed by atoms with van der Waals surface area (Å²) in [6.45, 7) is 3.93. The molecule has 2 N–H and O–H groups in total. The molecule has 4 nitrogen and oxygen atoms in total. The van der Waals surface area contributed by atoms with Gasteiger partial charge >= 0.3 is 0 Å². The van der Waals surface area contributed by atoms with Crippen LogP contribution in [0.3, 0.4) is 0 Å². The number of hydrogen-bond acceptors (Lipinski definition) is 4. The highest BCUT2D eigenvalue weighted by Gasteiger charge is 2.19. The van der Waals surface area contributed by atoms with E-state index >= 15 is 0 Å². The molecule has 3 rings (SSSR count). The molecular weight excluding hydrogens is 240 g/mol. The van der Waals surface area contributed by atoms with Crippen LogP contribution in [0.2, 0.25) is 0 Å². The first-order valence-corrected chi connectivity index (χ1v) is 6.03. The molecule has 0 bridgehead atoms. The van der Waals surface area contributed by atoms with Gasteiger partial charge < -0.3 is 14.7 Å². The Hall–Kier alpha value is -2.49. The summed E-state index contributed by atoms with van der Waals surface area (Å²) in [6, 6.07) is 9.96. The van der Waals surface area contributed by atoms with Crippen LogP contribution in [0.5, 0.6) is 0 Å². The molecule has 0 saturated heterocycles. The lowest BCUT2D eigenvalue weighted by molar-refractivity contribution is 0.439. The van der Waals surface area contributed by atoms with E-state index in [1.165, 1.54) is 5.56 Å². The third-order valence-electron chi connectivity index (χ3n) is 3.17. The van der Waals surface area contributed by atoms with Crippen LogP contribution in [0.4, 0.5) is 5.88 Å². The minimum atomic E-state index is 0.319. The van der Waals surface area contributed by atoms with Crippen molar-refractivity contribution < 1.29 is 8.94 Å². The normalized spacial score (nSPS) is 10.8. The van der Waals surface area contributed by atoms with Gasteiger partial charge in [0.25, 0.3) is 0 Å². The fraction of sp³-hybridized carbons (Fsp3) is 0.133. The lowest BCUT2D eigenvalue weighted by atomic mass is 10.0. The number of furan rings is 1. The van der Waals surface area contributed by atoms with Gasteiger partial charge in [-0.05, 0) is 25.5 Å². The molecule has 0 unspecified atom stereocenters. The van der Waals surface area contributed by atoms with E-state index < -0.39 is 0 Å². The Morgan fingerprint density at radius 1 is 1.05 bits per heavy atom. The molecule has 0 aliphatic heterocycles. The zero-order valence-electron chi connectivity index (χ0n) is 10.8. The van der Waals surface area contributed by atoms with E-state index in [9.17, 15) is 0 Å². The number of nitrogens with two attached hydrogens (primary N) is 1. The minimum absolute atomic E-state index is 0.319. The van der Waals surface area contributed by atoms with Crippen LogP contribution in [0.15, 0.2) is 45.5 Å². The predicted molar refractivity (Wildman–Crippen MR) is 73.5 cm³/mol. The highest BCUT2D eigenvalue weighted by atomic mass is 16.5. The molecule has 19 heavy (non-hydrogen) atoms. The maximum Gasteiger partial charge on any atom is 0.230 e. The Morgan fingerprint density at radius 2 is 1.79 bits per heavy atom. The van der Waals surface area contributed by atoms with Gasteiger partial charge in [0.15, 0.2) is 0 Å². The molecule has 0 radical (unpaired) electrons. The summed E-state index contributed by atoms with van der Waals surface area (Å²) in [6.07, 6.45) is 1.63. The summed E-state index contributed by atoms with van der Waals surface area (Å²) < 4.78 is 10.5. The summed E-state index contributed by atoms with van der Waals surface area (Å²) in [5.41, 5.74) is 10.5. The van der Waals surface area contributed by atoms with Gasteiger partial charge in [0.2, 0.25) is 5.88 Å². The third kappa shape index (κ3) is 1.91. The van der Waals surface area contributed by atoms with Crippen molar-refractivity contribution in [2.75, 3.05) is 5.73 Å². The van der Waals surface area contributed by atoms with Crippen molar-refractivity contribution in [2.24, 2.45) is 0 Å². The lowest BCUT2D eigenvalue weighted by Crippen LogP contribution is -1.88. The largest absolute Gasteiger partial charge is 0.469 e. The zero-order chi connectivity index (χ0) is 13.4. The Kier molecular flexibility index (Phi) is 2.63. The van der Waals surface area contributed by atoms with E-state index in [0.717, 1.165) is 22.5 Å². The predicted octanol–water partition coefficient (Wildman–Crippen LogP) is 3.80. The van der Waals surface area contributed by atoms with Gasteiger partial charge in [0.1, 0.15) is 11.5 Å². The SMILES string of the molecule is Cc1ccc(-c2c(-c3ccoc3C)noc2N)cc1. The quantitative estimate of drug-likeness (QED) is 0.755. The number of nitrogen functional groups attached to an aromatic ring is 1. The molecule has 0 amide bonds. The Labute approximate surface area is 110 Å². The first kappa shape index (κ1) is 11.6. The summed E-state index contributed by atoms with van der Waals surface area (Å²) in [4.78, 5) is 0. The summed E-state index contributed by atoms with van der Waals surface area (Å²) in [7, 11) is 0. The van der Waals surface area contributed by atoms with Crippen LogP contribution < -0.4 is 5.73 Å². The molecule has 0 atom stereocenters. The number of aryl methyl sites for hydroxylation is 2. The molecule has 3 aromatic rings. The first-order chi connectivity index (χ1) is 9.16. The van der Waals surface area contributed by atoms with Gasteiger partial charge in [-0.1, -0.05) is 35.0 Å². The second kappa shape index (κ2) is 4.31. The van der Waals surface area contributed by atoms with E-state index in [1.807, 2.05) is 44.2 Å². The molecule has 2 aromatic heterocycles. The van der Waals surface area contributed by atoms with Crippen molar-refractivity contribution in [2.45, 2.75) is 13.8 Å². The van der Waals surface area contributed by atoms with Crippen molar-refractivity contribution in [3.8, 4) is 22.4 Å². The zero-order valence-corrected chi connectivity index (χ0v) is 10.8. The van der Waals surface area contributed by atoms with Gasteiger partial charge in [0.05, 0.1) is 11.8 Å². The highest BCUT2D eigenvalue weighted by Crippen LogP contribution is 2.37. The van der Waals surface area contributed by atoms with E-state index in [-0.39, 0.29) is 0 Å². The molecule has 0 fully saturated rings. The van der Waals surface area contributed by atoms with Crippen molar-refractivity contribution in [3.05, 3.63) is 47.9 Å². The average Bonchev–Trinajstić information content (AvgIpc) is 2.97. The van der Waals surface area contributed by atoms with Crippen LogP contribution >= 0.6 is 0 Å². The number of nitrogens with zero attached hydrogens (tertiary/aromatic N) is 1. The molecule has 96 valence electrons. The Bertz CT molecular complexity index is 708. The molecule has 0 aliphatic rings. The van der Waals surface area contributed by atoms with Gasteiger partial charge in [-0.25, -0.2) is 0 Å². The van der Waals surface area contributed by atoms with Gasteiger partial charge in [-0.15, -0.1) is 0 Å². The maximum absolute atomic E-state index is 5.91. The lowest BCUT2D eigenvalue weighted by Gasteiger charge is -2.02. The van der Waals surface area contributed by atoms with Crippen molar-refractivity contribution in [1.29, 1.82) is 0 Å². The van der Waals surface area contributed by atoms with Crippen molar-refractivity contribution in [1.82, 2.24) is 5.16 Å². The average molecular weight is 254 g/mol. The van der Waals surface area contributed by atoms with Crippen LogP contribution in [0.25, 0.3) is 22.4 Å². The molecule has 4 heteroatoms. The number of aromatic nitrogens is 1. The van der Waals surface area contributed by atoms with E-state index in [2.05, 4.69) is 5.16 Å². The number of rotatable bonds is 2. The molecule has 0 aliphatic carbocycles. The van der Waals surface area contributed by atoms with E-state index in [0.29, 0.717) is 11.6 Å². The summed E-state index contributed by atoms with van der Waals surface area (Å²) in [5.74, 6) is 1.11. The fourth-order valence-corrected chi connectivity index (χ4v) is 2.12. The Morgan fingerprint density at radius 3 is 2.42 bits per heavy atom. The topological polar surface area (TPSA) is 65.2 Å². The maximum atomic E-state index is 5.91. The first-order valence-electron chi connectivity index (χ1n) is 6.03. The van der Waals surface area contributed by atoms with Crippen LogP contribution in [0.1, 0.15) is 11.3 Å². The van der Waals surface area contributed by atoms with E-state index in [1.54, 1.807) is 6.26 Å². The van der Waals surface area contributed by atoms with Gasteiger partial charge in [-0.2, -0.15) is 0 Å². The molecule has 2 heterocycles. The fourth-order valence-electron chi connectivity index (χ4n) is 2.12. The monoisotopic (exact) mass is 254 g/mol.